The van der Waals surface area contributed by atoms with E-state index in [1.54, 1.807) is 30.0 Å². The number of hydrogen-bond donors (Lipinski definition) is 2. The minimum atomic E-state index is -4.17. The van der Waals surface area contributed by atoms with E-state index < -0.39 is 22.2 Å². The van der Waals surface area contributed by atoms with E-state index in [4.69, 9.17) is 0 Å². The molecule has 10 nitrogen and oxygen atoms in total. The zero-order valence-corrected chi connectivity index (χ0v) is 18.7. The fraction of sp³-hybridized carbons (Fsp3) is 0.333. The van der Waals surface area contributed by atoms with Gasteiger partial charge in [-0.1, -0.05) is 13.0 Å². The number of halogens is 1. The van der Waals surface area contributed by atoms with Crippen molar-refractivity contribution in [2.24, 2.45) is 0 Å². The molecule has 0 spiro atoms. The standard InChI is InChI=1S/C21H23FN6O4S/c1-2-14-5-6-15(21(29)30)10-20(14)33(31,32)24-18-11-17(28-13-23-25-26-28)7-8-19(18)27-9-3-4-16(22)12-27/h5-8,10-11,13,16,24H,2-4,9,12H2,1H3,(H,29,30)/t16-/m1/s1. The molecule has 0 unspecified atom stereocenters. The summed E-state index contributed by atoms with van der Waals surface area (Å²) in [6, 6.07) is 8.99. The van der Waals surface area contributed by atoms with Gasteiger partial charge in [-0.2, -0.15) is 0 Å². The normalized spacial score (nSPS) is 16.5. The Labute approximate surface area is 190 Å². The minimum absolute atomic E-state index is 0.120. The highest BCUT2D eigenvalue weighted by atomic mass is 32.2. The molecular formula is C21H23FN6O4S. The predicted molar refractivity (Wildman–Crippen MR) is 119 cm³/mol. The molecule has 0 radical (unpaired) electrons. The van der Waals surface area contributed by atoms with Gasteiger partial charge in [0.25, 0.3) is 10.0 Å². The first-order valence-corrected chi connectivity index (χ1v) is 11.9. The Bertz CT molecular complexity index is 1270. The lowest BCUT2D eigenvalue weighted by Gasteiger charge is -2.32. The molecule has 0 saturated carbocycles. The van der Waals surface area contributed by atoms with Crippen LogP contribution in [0.4, 0.5) is 15.8 Å². The van der Waals surface area contributed by atoms with Gasteiger partial charge in [-0.3, -0.25) is 4.72 Å². The highest BCUT2D eigenvalue weighted by molar-refractivity contribution is 7.92. The van der Waals surface area contributed by atoms with Gasteiger partial charge in [0.1, 0.15) is 12.5 Å². The second kappa shape index (κ2) is 9.14. The number of rotatable bonds is 7. The number of sulfonamides is 1. The van der Waals surface area contributed by atoms with Crippen molar-refractivity contribution in [3.05, 3.63) is 53.9 Å². The lowest BCUT2D eigenvalue weighted by molar-refractivity contribution is 0.0696. The number of piperidine rings is 1. The molecule has 33 heavy (non-hydrogen) atoms. The van der Waals surface area contributed by atoms with Crippen LogP contribution in [0.15, 0.2) is 47.6 Å². The first-order valence-electron chi connectivity index (χ1n) is 10.4. The van der Waals surface area contributed by atoms with Crippen LogP contribution in [0.3, 0.4) is 0 Å². The van der Waals surface area contributed by atoms with E-state index in [-0.39, 0.29) is 22.7 Å². The smallest absolute Gasteiger partial charge is 0.335 e. The summed E-state index contributed by atoms with van der Waals surface area (Å²) in [7, 11) is -4.17. The Morgan fingerprint density at radius 1 is 1.27 bits per heavy atom. The van der Waals surface area contributed by atoms with Gasteiger partial charge in [-0.05, 0) is 65.6 Å². The number of nitrogens with one attached hydrogen (secondary N) is 1. The minimum Gasteiger partial charge on any atom is -0.478 e. The maximum Gasteiger partial charge on any atom is 0.335 e. The summed E-state index contributed by atoms with van der Waals surface area (Å²) in [6.45, 7) is 2.51. The third kappa shape index (κ3) is 4.80. The molecule has 3 aromatic rings. The second-order valence-electron chi connectivity index (χ2n) is 7.73. The number of carbonyl (C=O) groups is 1. The third-order valence-corrected chi connectivity index (χ3v) is 6.97. The van der Waals surface area contributed by atoms with Crippen LogP contribution in [0.2, 0.25) is 0 Å². The fourth-order valence-electron chi connectivity index (χ4n) is 3.88. The van der Waals surface area contributed by atoms with E-state index >= 15 is 0 Å². The van der Waals surface area contributed by atoms with Crippen molar-refractivity contribution in [2.75, 3.05) is 22.7 Å². The van der Waals surface area contributed by atoms with Crippen LogP contribution in [-0.4, -0.2) is 59.0 Å². The Hall–Kier alpha value is -3.54. The quantitative estimate of drug-likeness (QED) is 0.535. The number of alkyl halides is 1. The molecule has 0 bridgehead atoms. The molecule has 0 aliphatic carbocycles. The summed E-state index contributed by atoms with van der Waals surface area (Å²) in [5.74, 6) is -1.22. The molecule has 174 valence electrons. The van der Waals surface area contributed by atoms with Crippen molar-refractivity contribution in [1.82, 2.24) is 20.2 Å². The second-order valence-corrected chi connectivity index (χ2v) is 9.38. The van der Waals surface area contributed by atoms with Crippen molar-refractivity contribution >= 4 is 27.4 Å². The van der Waals surface area contributed by atoms with E-state index in [0.717, 1.165) is 6.07 Å². The molecule has 12 heteroatoms. The van der Waals surface area contributed by atoms with Crippen LogP contribution < -0.4 is 9.62 Å². The van der Waals surface area contributed by atoms with E-state index in [1.165, 1.54) is 23.1 Å². The number of hydrogen-bond acceptors (Lipinski definition) is 7. The van der Waals surface area contributed by atoms with Gasteiger partial charge >= 0.3 is 5.97 Å². The summed E-state index contributed by atoms with van der Waals surface area (Å²) in [5, 5.41) is 20.4. The van der Waals surface area contributed by atoms with E-state index in [0.29, 0.717) is 42.7 Å². The van der Waals surface area contributed by atoms with Crippen LogP contribution in [0.25, 0.3) is 5.69 Å². The van der Waals surface area contributed by atoms with Gasteiger partial charge in [0.15, 0.2) is 0 Å². The molecule has 1 fully saturated rings. The molecule has 1 saturated heterocycles. The monoisotopic (exact) mass is 474 g/mol. The average molecular weight is 475 g/mol. The topological polar surface area (TPSA) is 130 Å². The molecule has 4 rings (SSSR count). The van der Waals surface area contributed by atoms with Gasteiger partial charge < -0.3 is 10.0 Å². The summed E-state index contributed by atoms with van der Waals surface area (Å²) in [4.78, 5) is 13.1. The van der Waals surface area contributed by atoms with Crippen molar-refractivity contribution in [3.8, 4) is 5.69 Å². The highest BCUT2D eigenvalue weighted by Crippen LogP contribution is 2.33. The molecular weight excluding hydrogens is 451 g/mol. The van der Waals surface area contributed by atoms with Gasteiger partial charge in [-0.25, -0.2) is 22.3 Å². The van der Waals surface area contributed by atoms with E-state index in [1.807, 2.05) is 0 Å². The largest absolute Gasteiger partial charge is 0.478 e. The van der Waals surface area contributed by atoms with Crippen LogP contribution in [0.5, 0.6) is 0 Å². The molecule has 2 aromatic carbocycles. The molecule has 0 amide bonds. The Balaban J connectivity index is 1.79. The molecule has 1 aliphatic heterocycles. The first kappa shape index (κ1) is 22.6. The lowest BCUT2D eigenvalue weighted by Crippen LogP contribution is -2.37. The zero-order valence-electron chi connectivity index (χ0n) is 17.8. The fourth-order valence-corrected chi connectivity index (χ4v) is 5.28. The summed E-state index contributed by atoms with van der Waals surface area (Å²) < 4.78 is 44.9. The van der Waals surface area contributed by atoms with E-state index in [9.17, 15) is 22.7 Å². The zero-order chi connectivity index (χ0) is 23.6. The Morgan fingerprint density at radius 3 is 2.76 bits per heavy atom. The van der Waals surface area contributed by atoms with Crippen molar-refractivity contribution in [3.63, 3.8) is 0 Å². The number of carboxylic acids is 1. The maximum absolute atomic E-state index is 14.1. The summed E-state index contributed by atoms with van der Waals surface area (Å²) in [5.41, 5.74) is 1.59. The number of aromatic nitrogens is 4. The van der Waals surface area contributed by atoms with E-state index in [2.05, 4.69) is 20.2 Å². The number of nitrogens with zero attached hydrogens (tertiary/aromatic N) is 5. The molecule has 1 aromatic heterocycles. The van der Waals surface area contributed by atoms with Gasteiger partial charge in [0, 0.05) is 13.1 Å². The van der Waals surface area contributed by atoms with Gasteiger partial charge in [-0.15, -0.1) is 5.10 Å². The maximum atomic E-state index is 14.1. The molecule has 2 heterocycles. The third-order valence-electron chi connectivity index (χ3n) is 5.53. The Morgan fingerprint density at radius 2 is 2.09 bits per heavy atom. The highest BCUT2D eigenvalue weighted by Gasteiger charge is 2.26. The molecule has 1 aliphatic rings. The van der Waals surface area contributed by atoms with Gasteiger partial charge in [0.2, 0.25) is 0 Å². The van der Waals surface area contributed by atoms with Crippen molar-refractivity contribution in [2.45, 2.75) is 37.3 Å². The summed E-state index contributed by atoms with van der Waals surface area (Å²) >= 11 is 0. The number of tetrazole rings is 1. The van der Waals surface area contributed by atoms with Crippen LogP contribution in [0, 0.1) is 0 Å². The number of carboxylic acid groups (broad SMARTS) is 1. The van der Waals surface area contributed by atoms with Crippen molar-refractivity contribution in [1.29, 1.82) is 0 Å². The first-order chi connectivity index (χ1) is 15.8. The summed E-state index contributed by atoms with van der Waals surface area (Å²) in [6.07, 6.45) is 1.85. The molecule has 2 N–H and O–H groups in total. The number of aryl methyl sites for hydroxylation is 1. The van der Waals surface area contributed by atoms with Crippen molar-refractivity contribution < 1.29 is 22.7 Å². The number of benzene rings is 2. The predicted octanol–water partition coefficient (Wildman–Crippen LogP) is 2.66. The number of aromatic carboxylic acids is 1. The SMILES string of the molecule is CCc1ccc(C(=O)O)cc1S(=O)(=O)Nc1cc(-n2cnnn2)ccc1N1CCC[C@@H](F)C1. The van der Waals surface area contributed by atoms with Gasteiger partial charge in [0.05, 0.1) is 27.5 Å². The van der Waals surface area contributed by atoms with Crippen LogP contribution in [0.1, 0.15) is 35.7 Å². The molecule has 1 atom stereocenters. The average Bonchev–Trinajstić information content (AvgIpc) is 3.33. The Kier molecular flexibility index (Phi) is 6.27. The van der Waals surface area contributed by atoms with Crippen LogP contribution >= 0.6 is 0 Å². The lowest BCUT2D eigenvalue weighted by atomic mass is 10.1. The number of anilines is 2. The van der Waals surface area contributed by atoms with Crippen LogP contribution in [-0.2, 0) is 16.4 Å².